The monoisotopic (exact) mass is 353 g/mol. The van der Waals surface area contributed by atoms with E-state index >= 15 is 0 Å². The predicted molar refractivity (Wildman–Crippen MR) is 89.8 cm³/mol. The fourth-order valence-corrected chi connectivity index (χ4v) is 3.00. The standard InChI is InChI=1S/C17H18ClF2N3O/c18-15-2-1-7-21-16(15)23-10-8-22(9-11-23)12-13-3-5-14(6-4-13)24-17(19)20/h1-7,17H,8-12H2. The first-order valence-electron chi connectivity index (χ1n) is 7.73. The summed E-state index contributed by atoms with van der Waals surface area (Å²) in [6.45, 7) is 1.47. The van der Waals surface area contributed by atoms with Crippen molar-refractivity contribution in [1.29, 1.82) is 0 Å². The van der Waals surface area contributed by atoms with Crippen LogP contribution in [0.1, 0.15) is 5.56 Å². The molecule has 0 N–H and O–H groups in total. The van der Waals surface area contributed by atoms with Crippen LogP contribution in [0.2, 0.25) is 5.02 Å². The largest absolute Gasteiger partial charge is 0.435 e. The number of alkyl halides is 2. The SMILES string of the molecule is FC(F)Oc1ccc(CN2CCN(c3ncccc3Cl)CC2)cc1. The third-order valence-corrected chi connectivity index (χ3v) is 4.26. The molecule has 1 saturated heterocycles. The van der Waals surface area contributed by atoms with Crippen molar-refractivity contribution in [3.63, 3.8) is 0 Å². The molecule has 4 nitrogen and oxygen atoms in total. The molecular weight excluding hydrogens is 336 g/mol. The number of aromatic nitrogens is 1. The van der Waals surface area contributed by atoms with E-state index in [2.05, 4.69) is 19.5 Å². The number of halogens is 3. The minimum atomic E-state index is -2.79. The molecule has 2 aromatic rings. The highest BCUT2D eigenvalue weighted by Crippen LogP contribution is 2.24. The summed E-state index contributed by atoms with van der Waals surface area (Å²) >= 11 is 6.19. The van der Waals surface area contributed by atoms with E-state index in [1.165, 1.54) is 0 Å². The van der Waals surface area contributed by atoms with Crippen molar-refractivity contribution in [2.75, 3.05) is 31.1 Å². The molecule has 0 amide bonds. The summed E-state index contributed by atoms with van der Waals surface area (Å²) in [6, 6.07) is 10.5. The normalized spacial score (nSPS) is 15.8. The first kappa shape index (κ1) is 16.9. The number of benzene rings is 1. The quantitative estimate of drug-likeness (QED) is 0.820. The molecule has 0 unspecified atom stereocenters. The van der Waals surface area contributed by atoms with Gasteiger partial charge in [-0.15, -0.1) is 0 Å². The van der Waals surface area contributed by atoms with E-state index in [9.17, 15) is 8.78 Å². The van der Waals surface area contributed by atoms with Crippen LogP contribution in [0.3, 0.4) is 0 Å². The maximum atomic E-state index is 12.1. The van der Waals surface area contributed by atoms with Gasteiger partial charge in [-0.25, -0.2) is 4.98 Å². The van der Waals surface area contributed by atoms with Gasteiger partial charge < -0.3 is 9.64 Å². The summed E-state index contributed by atoms with van der Waals surface area (Å²) in [5.74, 6) is 1.01. The second-order valence-corrected chi connectivity index (χ2v) is 6.00. The molecule has 1 aromatic carbocycles. The van der Waals surface area contributed by atoms with E-state index < -0.39 is 6.61 Å². The van der Waals surface area contributed by atoms with Crippen molar-refractivity contribution >= 4 is 17.4 Å². The molecular formula is C17H18ClF2N3O. The Hall–Kier alpha value is -1.92. The lowest BCUT2D eigenvalue weighted by molar-refractivity contribution is -0.0498. The van der Waals surface area contributed by atoms with Gasteiger partial charge in [0.2, 0.25) is 0 Å². The zero-order valence-corrected chi connectivity index (χ0v) is 13.8. The number of hydrogen-bond donors (Lipinski definition) is 0. The van der Waals surface area contributed by atoms with Gasteiger partial charge in [0.1, 0.15) is 11.6 Å². The number of piperazine rings is 1. The fraction of sp³-hybridized carbons (Fsp3) is 0.353. The number of rotatable bonds is 5. The van der Waals surface area contributed by atoms with Gasteiger partial charge in [0.25, 0.3) is 0 Å². The second-order valence-electron chi connectivity index (χ2n) is 5.59. The van der Waals surface area contributed by atoms with Gasteiger partial charge in [0, 0.05) is 38.9 Å². The lowest BCUT2D eigenvalue weighted by atomic mass is 10.2. The molecule has 0 saturated carbocycles. The first-order valence-corrected chi connectivity index (χ1v) is 8.11. The molecule has 1 aromatic heterocycles. The smallest absolute Gasteiger partial charge is 0.387 e. The Balaban J connectivity index is 1.53. The highest BCUT2D eigenvalue weighted by Gasteiger charge is 2.19. The molecule has 7 heteroatoms. The van der Waals surface area contributed by atoms with Crippen LogP contribution in [0.5, 0.6) is 5.75 Å². The highest BCUT2D eigenvalue weighted by atomic mass is 35.5. The molecule has 128 valence electrons. The van der Waals surface area contributed by atoms with E-state index in [-0.39, 0.29) is 5.75 Å². The molecule has 24 heavy (non-hydrogen) atoms. The van der Waals surface area contributed by atoms with Gasteiger partial charge in [-0.2, -0.15) is 8.78 Å². The summed E-state index contributed by atoms with van der Waals surface area (Å²) in [5.41, 5.74) is 1.07. The Morgan fingerprint density at radius 2 is 1.79 bits per heavy atom. The Morgan fingerprint density at radius 1 is 1.08 bits per heavy atom. The van der Waals surface area contributed by atoms with Crippen LogP contribution in [-0.2, 0) is 6.54 Å². The summed E-state index contributed by atoms with van der Waals surface area (Å²) in [6.07, 6.45) is 1.75. The number of hydrogen-bond acceptors (Lipinski definition) is 4. The predicted octanol–water partition coefficient (Wildman–Crippen LogP) is 3.66. The molecule has 2 heterocycles. The Morgan fingerprint density at radius 3 is 2.42 bits per heavy atom. The molecule has 3 rings (SSSR count). The number of pyridine rings is 1. The summed E-state index contributed by atoms with van der Waals surface area (Å²) in [7, 11) is 0. The lowest BCUT2D eigenvalue weighted by Gasteiger charge is -2.35. The molecule has 0 spiro atoms. The number of ether oxygens (including phenoxy) is 1. The van der Waals surface area contributed by atoms with E-state index in [1.54, 1.807) is 18.3 Å². The first-order chi connectivity index (χ1) is 11.6. The molecule has 1 fully saturated rings. The molecule has 1 aliphatic heterocycles. The van der Waals surface area contributed by atoms with Gasteiger partial charge in [-0.1, -0.05) is 23.7 Å². The Bertz CT molecular complexity index is 661. The summed E-state index contributed by atoms with van der Waals surface area (Å²) < 4.78 is 28.7. The average molecular weight is 354 g/mol. The maximum absolute atomic E-state index is 12.1. The molecule has 0 bridgehead atoms. The third-order valence-electron chi connectivity index (χ3n) is 3.97. The van der Waals surface area contributed by atoms with Crippen molar-refractivity contribution in [2.24, 2.45) is 0 Å². The highest BCUT2D eigenvalue weighted by molar-refractivity contribution is 6.32. The van der Waals surface area contributed by atoms with Crippen LogP contribution in [0, 0.1) is 0 Å². The van der Waals surface area contributed by atoms with E-state index in [0.717, 1.165) is 44.1 Å². The third kappa shape index (κ3) is 4.33. The molecule has 0 aliphatic carbocycles. The summed E-state index contributed by atoms with van der Waals surface area (Å²) in [4.78, 5) is 8.84. The Kier molecular flexibility index (Phi) is 5.48. The van der Waals surface area contributed by atoms with Crippen LogP contribution >= 0.6 is 11.6 Å². The number of anilines is 1. The van der Waals surface area contributed by atoms with E-state index in [0.29, 0.717) is 5.02 Å². The van der Waals surface area contributed by atoms with E-state index in [1.807, 2.05) is 24.3 Å². The minimum absolute atomic E-state index is 0.184. The lowest BCUT2D eigenvalue weighted by Crippen LogP contribution is -2.46. The van der Waals surface area contributed by atoms with Gasteiger partial charge in [0.05, 0.1) is 5.02 Å². The Labute approximate surface area is 144 Å². The average Bonchev–Trinajstić information content (AvgIpc) is 2.58. The van der Waals surface area contributed by atoms with Crippen molar-refractivity contribution in [1.82, 2.24) is 9.88 Å². The molecule has 1 aliphatic rings. The van der Waals surface area contributed by atoms with Crippen molar-refractivity contribution < 1.29 is 13.5 Å². The van der Waals surface area contributed by atoms with Gasteiger partial charge in [-0.3, -0.25) is 4.90 Å². The second kappa shape index (κ2) is 7.77. The maximum Gasteiger partial charge on any atom is 0.387 e. The van der Waals surface area contributed by atoms with Gasteiger partial charge in [-0.05, 0) is 29.8 Å². The minimum Gasteiger partial charge on any atom is -0.435 e. The van der Waals surface area contributed by atoms with Crippen LogP contribution in [0.15, 0.2) is 42.6 Å². The van der Waals surface area contributed by atoms with Gasteiger partial charge >= 0.3 is 6.61 Å². The summed E-state index contributed by atoms with van der Waals surface area (Å²) in [5, 5.41) is 0.667. The zero-order valence-electron chi connectivity index (χ0n) is 13.0. The van der Waals surface area contributed by atoms with Crippen LogP contribution < -0.4 is 9.64 Å². The van der Waals surface area contributed by atoms with Crippen molar-refractivity contribution in [2.45, 2.75) is 13.2 Å². The fourth-order valence-electron chi connectivity index (χ4n) is 2.76. The van der Waals surface area contributed by atoms with Crippen molar-refractivity contribution in [3.8, 4) is 5.75 Å². The molecule has 0 atom stereocenters. The van der Waals surface area contributed by atoms with Gasteiger partial charge in [0.15, 0.2) is 0 Å². The van der Waals surface area contributed by atoms with Crippen LogP contribution in [0.25, 0.3) is 0 Å². The van der Waals surface area contributed by atoms with Crippen LogP contribution in [-0.4, -0.2) is 42.7 Å². The topological polar surface area (TPSA) is 28.6 Å². The van der Waals surface area contributed by atoms with E-state index in [4.69, 9.17) is 11.6 Å². The number of nitrogens with zero attached hydrogens (tertiary/aromatic N) is 3. The zero-order chi connectivity index (χ0) is 16.9. The molecule has 0 radical (unpaired) electrons. The van der Waals surface area contributed by atoms with Crippen molar-refractivity contribution in [3.05, 3.63) is 53.2 Å². The van der Waals surface area contributed by atoms with Crippen LogP contribution in [0.4, 0.5) is 14.6 Å².